The molecule has 6 heteroatoms. The number of benzene rings is 1. The summed E-state index contributed by atoms with van der Waals surface area (Å²) in [6, 6.07) is 8.75. The zero-order chi connectivity index (χ0) is 15.8. The zero-order valence-electron chi connectivity index (χ0n) is 12.8. The van der Waals surface area contributed by atoms with Gasteiger partial charge in [-0.1, -0.05) is 19.4 Å². The van der Waals surface area contributed by atoms with Gasteiger partial charge >= 0.3 is 0 Å². The van der Waals surface area contributed by atoms with E-state index in [0.717, 1.165) is 19.4 Å². The second-order valence-corrected chi connectivity index (χ2v) is 4.73. The van der Waals surface area contributed by atoms with Crippen LogP contribution in [0.4, 0.5) is 11.6 Å². The van der Waals surface area contributed by atoms with Crippen LogP contribution in [-0.4, -0.2) is 29.5 Å². The second kappa shape index (κ2) is 7.97. The Morgan fingerprint density at radius 3 is 2.95 bits per heavy atom. The highest BCUT2D eigenvalue weighted by Gasteiger charge is 2.09. The van der Waals surface area contributed by atoms with Gasteiger partial charge in [-0.25, -0.2) is 9.97 Å². The van der Waals surface area contributed by atoms with Crippen molar-refractivity contribution in [2.24, 2.45) is 0 Å². The number of ether oxygens (including phenoxy) is 1. The molecule has 0 fully saturated rings. The van der Waals surface area contributed by atoms with E-state index in [2.05, 4.69) is 27.5 Å². The number of aromatic nitrogens is 2. The van der Waals surface area contributed by atoms with Crippen molar-refractivity contribution < 1.29 is 9.53 Å². The normalized spacial score (nSPS) is 10.1. The number of carbonyl (C=O) groups excluding carboxylic acids is 1. The Morgan fingerprint density at radius 2 is 2.18 bits per heavy atom. The number of unbranched alkanes of at least 4 members (excludes halogenated alkanes) is 1. The number of hydrogen-bond acceptors (Lipinski definition) is 5. The molecule has 2 aromatic rings. The van der Waals surface area contributed by atoms with Crippen LogP contribution in [0.5, 0.6) is 5.75 Å². The van der Waals surface area contributed by atoms with Crippen molar-refractivity contribution >= 4 is 17.5 Å². The van der Waals surface area contributed by atoms with Gasteiger partial charge in [0.2, 0.25) is 5.95 Å². The summed E-state index contributed by atoms with van der Waals surface area (Å²) >= 11 is 0. The molecule has 0 atom stereocenters. The SMILES string of the molecule is CCCCNc1nccc(C(=O)Nc2cccc(OC)c2)n1. The highest BCUT2D eigenvalue weighted by molar-refractivity contribution is 6.03. The van der Waals surface area contributed by atoms with Crippen LogP contribution in [0.3, 0.4) is 0 Å². The van der Waals surface area contributed by atoms with Crippen LogP contribution in [0.2, 0.25) is 0 Å². The predicted molar refractivity (Wildman–Crippen MR) is 86.4 cm³/mol. The van der Waals surface area contributed by atoms with Crippen LogP contribution in [0.1, 0.15) is 30.3 Å². The highest BCUT2D eigenvalue weighted by atomic mass is 16.5. The molecule has 0 aliphatic carbocycles. The molecule has 0 saturated carbocycles. The first-order valence-electron chi connectivity index (χ1n) is 7.25. The molecule has 0 aliphatic rings. The molecule has 0 unspecified atom stereocenters. The summed E-state index contributed by atoms with van der Waals surface area (Å²) in [5, 5.41) is 5.89. The first kappa shape index (κ1) is 15.8. The lowest BCUT2D eigenvalue weighted by molar-refractivity contribution is 0.102. The minimum absolute atomic E-state index is 0.283. The molecule has 0 spiro atoms. The van der Waals surface area contributed by atoms with E-state index >= 15 is 0 Å². The Balaban J connectivity index is 2.03. The molecule has 1 aromatic heterocycles. The number of methoxy groups -OCH3 is 1. The second-order valence-electron chi connectivity index (χ2n) is 4.73. The monoisotopic (exact) mass is 300 g/mol. The number of nitrogens with zero attached hydrogens (tertiary/aromatic N) is 2. The van der Waals surface area contributed by atoms with Gasteiger partial charge in [-0.05, 0) is 24.6 Å². The summed E-state index contributed by atoms with van der Waals surface area (Å²) in [4.78, 5) is 20.5. The molecule has 2 N–H and O–H groups in total. The minimum Gasteiger partial charge on any atom is -0.497 e. The van der Waals surface area contributed by atoms with Gasteiger partial charge in [0, 0.05) is 24.5 Å². The fraction of sp³-hybridized carbons (Fsp3) is 0.312. The molecule has 1 amide bonds. The quantitative estimate of drug-likeness (QED) is 0.769. The maximum Gasteiger partial charge on any atom is 0.274 e. The van der Waals surface area contributed by atoms with Crippen molar-refractivity contribution in [2.75, 3.05) is 24.3 Å². The van der Waals surface area contributed by atoms with Gasteiger partial charge in [-0.3, -0.25) is 4.79 Å². The van der Waals surface area contributed by atoms with Gasteiger partial charge in [0.25, 0.3) is 5.91 Å². The van der Waals surface area contributed by atoms with Crippen molar-refractivity contribution in [3.8, 4) is 5.75 Å². The van der Waals surface area contributed by atoms with Gasteiger partial charge in [0.1, 0.15) is 11.4 Å². The molecule has 6 nitrogen and oxygen atoms in total. The van der Waals surface area contributed by atoms with E-state index in [1.807, 2.05) is 12.1 Å². The minimum atomic E-state index is -0.283. The molecule has 116 valence electrons. The van der Waals surface area contributed by atoms with E-state index in [1.54, 1.807) is 31.5 Å². The number of rotatable bonds is 7. The Bertz CT molecular complexity index is 631. The average molecular weight is 300 g/mol. The van der Waals surface area contributed by atoms with Gasteiger partial charge in [0.05, 0.1) is 7.11 Å². The molecule has 1 aromatic carbocycles. The Hall–Kier alpha value is -2.63. The van der Waals surface area contributed by atoms with Crippen molar-refractivity contribution in [3.63, 3.8) is 0 Å². The first-order chi connectivity index (χ1) is 10.7. The third-order valence-corrected chi connectivity index (χ3v) is 3.03. The lowest BCUT2D eigenvalue weighted by atomic mass is 10.3. The maximum absolute atomic E-state index is 12.2. The number of amides is 1. The summed E-state index contributed by atoms with van der Waals surface area (Å²) in [5.74, 6) is 0.864. The van der Waals surface area contributed by atoms with Crippen molar-refractivity contribution in [1.29, 1.82) is 0 Å². The van der Waals surface area contributed by atoms with E-state index in [0.29, 0.717) is 23.1 Å². The van der Waals surface area contributed by atoms with E-state index in [1.165, 1.54) is 0 Å². The number of anilines is 2. The first-order valence-corrected chi connectivity index (χ1v) is 7.25. The summed E-state index contributed by atoms with van der Waals surface area (Å²) in [5.41, 5.74) is 0.972. The fourth-order valence-electron chi connectivity index (χ4n) is 1.84. The van der Waals surface area contributed by atoms with E-state index in [9.17, 15) is 4.79 Å². The Kier molecular flexibility index (Phi) is 5.71. The molecular weight excluding hydrogens is 280 g/mol. The zero-order valence-corrected chi connectivity index (χ0v) is 12.8. The Labute approximate surface area is 129 Å². The van der Waals surface area contributed by atoms with Crippen molar-refractivity contribution in [1.82, 2.24) is 9.97 Å². The summed E-state index contributed by atoms with van der Waals surface area (Å²) in [6.45, 7) is 2.90. The molecule has 0 aliphatic heterocycles. The van der Waals surface area contributed by atoms with Gasteiger partial charge in [-0.15, -0.1) is 0 Å². The number of carbonyl (C=O) groups is 1. The van der Waals surface area contributed by atoms with Crippen molar-refractivity contribution in [3.05, 3.63) is 42.2 Å². The fourth-order valence-corrected chi connectivity index (χ4v) is 1.84. The largest absolute Gasteiger partial charge is 0.497 e. The van der Waals surface area contributed by atoms with Gasteiger partial charge in [-0.2, -0.15) is 0 Å². The highest BCUT2D eigenvalue weighted by Crippen LogP contribution is 2.17. The third-order valence-electron chi connectivity index (χ3n) is 3.03. The molecule has 0 radical (unpaired) electrons. The predicted octanol–water partition coefficient (Wildman–Crippen LogP) is 2.95. The van der Waals surface area contributed by atoms with E-state index < -0.39 is 0 Å². The van der Waals surface area contributed by atoms with Crippen LogP contribution in [0, 0.1) is 0 Å². The molecule has 2 rings (SSSR count). The van der Waals surface area contributed by atoms with E-state index in [-0.39, 0.29) is 5.91 Å². The maximum atomic E-state index is 12.2. The van der Waals surface area contributed by atoms with Crippen LogP contribution in [-0.2, 0) is 0 Å². The van der Waals surface area contributed by atoms with E-state index in [4.69, 9.17) is 4.74 Å². The van der Waals surface area contributed by atoms with Crippen molar-refractivity contribution in [2.45, 2.75) is 19.8 Å². The lowest BCUT2D eigenvalue weighted by Crippen LogP contribution is -2.15. The van der Waals surface area contributed by atoms with Crippen LogP contribution in [0.25, 0.3) is 0 Å². The molecule has 22 heavy (non-hydrogen) atoms. The smallest absolute Gasteiger partial charge is 0.274 e. The molecule has 0 bridgehead atoms. The number of nitrogens with one attached hydrogen (secondary N) is 2. The van der Waals surface area contributed by atoms with Crippen LogP contribution < -0.4 is 15.4 Å². The number of hydrogen-bond donors (Lipinski definition) is 2. The third kappa shape index (κ3) is 4.44. The molecule has 1 heterocycles. The van der Waals surface area contributed by atoms with Gasteiger partial charge in [0.15, 0.2) is 0 Å². The average Bonchev–Trinajstić information content (AvgIpc) is 2.55. The standard InChI is InChI=1S/C16H20N4O2/c1-3-4-9-17-16-18-10-8-14(20-16)15(21)19-12-6-5-7-13(11-12)22-2/h5-8,10-11H,3-4,9H2,1-2H3,(H,19,21)(H,17,18,20). The Morgan fingerprint density at radius 1 is 1.32 bits per heavy atom. The molecule has 0 saturated heterocycles. The summed E-state index contributed by atoms with van der Waals surface area (Å²) in [6.07, 6.45) is 3.69. The summed E-state index contributed by atoms with van der Waals surface area (Å²) < 4.78 is 5.13. The van der Waals surface area contributed by atoms with Crippen LogP contribution in [0.15, 0.2) is 36.5 Å². The lowest BCUT2D eigenvalue weighted by Gasteiger charge is -2.08. The summed E-state index contributed by atoms with van der Waals surface area (Å²) in [7, 11) is 1.58. The van der Waals surface area contributed by atoms with Crippen LogP contribution >= 0.6 is 0 Å². The topological polar surface area (TPSA) is 76.1 Å². The van der Waals surface area contributed by atoms with Gasteiger partial charge < -0.3 is 15.4 Å². The molecular formula is C16H20N4O2.